The van der Waals surface area contributed by atoms with Gasteiger partial charge in [-0.25, -0.2) is 4.79 Å². The van der Waals surface area contributed by atoms with Crippen molar-refractivity contribution in [3.05, 3.63) is 82.3 Å². The van der Waals surface area contributed by atoms with E-state index in [1.165, 1.54) is 13.2 Å². The van der Waals surface area contributed by atoms with Crippen LogP contribution in [0.4, 0.5) is 0 Å². The molecule has 3 aromatic rings. The van der Waals surface area contributed by atoms with Crippen LogP contribution in [0.1, 0.15) is 27.4 Å². The highest BCUT2D eigenvalue weighted by molar-refractivity contribution is 6.30. The maximum atomic E-state index is 10.9. The number of nitrogens with zero attached hydrogens (tertiary/aromatic N) is 1. The zero-order valence-corrected chi connectivity index (χ0v) is 16.1. The first-order valence-corrected chi connectivity index (χ1v) is 8.88. The van der Waals surface area contributed by atoms with Gasteiger partial charge in [-0.3, -0.25) is 0 Å². The van der Waals surface area contributed by atoms with Gasteiger partial charge in [-0.15, -0.1) is 0 Å². The third-order valence-electron chi connectivity index (χ3n) is 4.02. The number of carboxylic acids is 1. The first-order chi connectivity index (χ1) is 14.0. The van der Waals surface area contributed by atoms with Crippen LogP contribution in [-0.2, 0) is 6.61 Å². The van der Waals surface area contributed by atoms with Crippen molar-refractivity contribution in [3.8, 4) is 17.6 Å². The fourth-order valence-corrected chi connectivity index (χ4v) is 2.71. The summed E-state index contributed by atoms with van der Waals surface area (Å²) in [5.74, 6) is 0.0178. The van der Waals surface area contributed by atoms with Crippen LogP contribution in [0.5, 0.6) is 11.5 Å². The standard InChI is InChI=1S/C22H16ClNO5/c1-27-21-11-14(10-16(12-24)15-3-5-17(23)6-4-15)2-8-19(21)28-13-18-7-9-20(29-18)22(25)26/h2-11H,13H2,1H3,(H,25,26)/b16-10-. The molecule has 0 bridgehead atoms. The molecule has 0 fully saturated rings. The summed E-state index contributed by atoms with van der Waals surface area (Å²) >= 11 is 5.90. The van der Waals surface area contributed by atoms with Gasteiger partial charge in [0.1, 0.15) is 12.4 Å². The van der Waals surface area contributed by atoms with E-state index < -0.39 is 5.97 Å². The van der Waals surface area contributed by atoms with Gasteiger partial charge in [-0.2, -0.15) is 5.26 Å². The van der Waals surface area contributed by atoms with Crippen molar-refractivity contribution in [1.29, 1.82) is 5.26 Å². The Kier molecular flexibility index (Phi) is 6.22. The molecule has 0 saturated carbocycles. The summed E-state index contributed by atoms with van der Waals surface area (Å²) in [6.07, 6.45) is 1.74. The molecular formula is C22H16ClNO5. The lowest BCUT2D eigenvalue weighted by molar-refractivity contribution is 0.0658. The predicted octanol–water partition coefficient (Wildman–Crippen LogP) is 5.28. The van der Waals surface area contributed by atoms with Crippen molar-refractivity contribution >= 4 is 29.2 Å². The lowest BCUT2D eigenvalue weighted by Gasteiger charge is -2.10. The summed E-state index contributed by atoms with van der Waals surface area (Å²) in [5.41, 5.74) is 1.99. The number of halogens is 1. The van der Waals surface area contributed by atoms with E-state index in [0.29, 0.717) is 27.9 Å². The molecule has 2 aromatic carbocycles. The van der Waals surface area contributed by atoms with Crippen molar-refractivity contribution in [2.24, 2.45) is 0 Å². The van der Waals surface area contributed by atoms with Crippen LogP contribution in [-0.4, -0.2) is 18.2 Å². The highest BCUT2D eigenvalue weighted by atomic mass is 35.5. The number of rotatable bonds is 7. The number of hydrogen-bond donors (Lipinski definition) is 1. The summed E-state index contributed by atoms with van der Waals surface area (Å²) in [5, 5.41) is 19.0. The number of carbonyl (C=O) groups is 1. The Balaban J connectivity index is 1.79. The number of aromatic carboxylic acids is 1. The van der Waals surface area contributed by atoms with E-state index >= 15 is 0 Å². The van der Waals surface area contributed by atoms with Gasteiger partial charge in [0.15, 0.2) is 11.5 Å². The number of benzene rings is 2. The Morgan fingerprint density at radius 1 is 1.17 bits per heavy atom. The van der Waals surface area contributed by atoms with E-state index in [9.17, 15) is 10.1 Å². The SMILES string of the molecule is COc1cc(/C=C(/C#N)c2ccc(Cl)cc2)ccc1OCc1ccc(C(=O)O)o1. The molecule has 7 heteroatoms. The van der Waals surface area contributed by atoms with Crippen LogP contribution in [0.2, 0.25) is 5.02 Å². The molecule has 1 heterocycles. The van der Waals surface area contributed by atoms with E-state index in [2.05, 4.69) is 6.07 Å². The summed E-state index contributed by atoms with van der Waals surface area (Å²) in [7, 11) is 1.51. The zero-order valence-electron chi connectivity index (χ0n) is 15.4. The van der Waals surface area contributed by atoms with Crippen molar-refractivity contribution in [1.82, 2.24) is 0 Å². The second kappa shape index (κ2) is 9.00. The van der Waals surface area contributed by atoms with E-state index in [4.69, 9.17) is 30.6 Å². The van der Waals surface area contributed by atoms with Crippen molar-refractivity contribution < 1.29 is 23.8 Å². The second-order valence-electron chi connectivity index (χ2n) is 5.95. The molecule has 6 nitrogen and oxygen atoms in total. The molecule has 0 aliphatic carbocycles. The van der Waals surface area contributed by atoms with Crippen molar-refractivity contribution in [2.75, 3.05) is 7.11 Å². The third-order valence-corrected chi connectivity index (χ3v) is 4.27. The molecular weight excluding hydrogens is 394 g/mol. The molecule has 146 valence electrons. The number of ether oxygens (including phenoxy) is 2. The first kappa shape index (κ1) is 20.1. The Labute approximate surface area is 172 Å². The van der Waals surface area contributed by atoms with E-state index in [1.807, 2.05) is 0 Å². The summed E-state index contributed by atoms with van der Waals surface area (Å²) in [6, 6.07) is 17.3. The fourth-order valence-electron chi connectivity index (χ4n) is 2.59. The zero-order chi connectivity index (χ0) is 20.8. The molecule has 3 rings (SSSR count). The molecule has 0 amide bonds. The average Bonchev–Trinajstić information content (AvgIpc) is 3.21. The smallest absolute Gasteiger partial charge is 0.371 e. The highest BCUT2D eigenvalue weighted by Crippen LogP contribution is 2.31. The highest BCUT2D eigenvalue weighted by Gasteiger charge is 2.11. The third kappa shape index (κ3) is 4.98. The van der Waals surface area contributed by atoms with Crippen LogP contribution >= 0.6 is 11.6 Å². The monoisotopic (exact) mass is 409 g/mol. The number of furan rings is 1. The van der Waals surface area contributed by atoms with Crippen LogP contribution in [0.3, 0.4) is 0 Å². The summed E-state index contributed by atoms with van der Waals surface area (Å²) < 4.78 is 16.2. The topological polar surface area (TPSA) is 92.7 Å². The predicted molar refractivity (Wildman–Crippen MR) is 108 cm³/mol. The summed E-state index contributed by atoms with van der Waals surface area (Å²) in [6.45, 7) is 0.0487. The number of hydrogen-bond acceptors (Lipinski definition) is 5. The molecule has 1 N–H and O–H groups in total. The first-order valence-electron chi connectivity index (χ1n) is 8.50. The largest absolute Gasteiger partial charge is 0.493 e. The van der Waals surface area contributed by atoms with Crippen LogP contribution in [0, 0.1) is 11.3 Å². The van der Waals surface area contributed by atoms with Gasteiger partial charge in [0.05, 0.1) is 18.8 Å². The van der Waals surface area contributed by atoms with E-state index in [1.54, 1.807) is 54.6 Å². The van der Waals surface area contributed by atoms with Gasteiger partial charge in [-0.1, -0.05) is 29.8 Å². The van der Waals surface area contributed by atoms with E-state index in [0.717, 1.165) is 11.1 Å². The molecule has 1 aromatic heterocycles. The number of carboxylic acid groups (broad SMARTS) is 1. The van der Waals surface area contributed by atoms with Crippen molar-refractivity contribution in [2.45, 2.75) is 6.61 Å². The number of methoxy groups -OCH3 is 1. The average molecular weight is 410 g/mol. The molecule has 29 heavy (non-hydrogen) atoms. The minimum Gasteiger partial charge on any atom is -0.493 e. The Morgan fingerprint density at radius 3 is 2.55 bits per heavy atom. The van der Waals surface area contributed by atoms with Gasteiger partial charge in [0, 0.05) is 5.02 Å². The van der Waals surface area contributed by atoms with Crippen LogP contribution in [0.25, 0.3) is 11.6 Å². The Bertz CT molecular complexity index is 1090. The minimum absolute atomic E-state index is 0.0487. The quantitative estimate of drug-likeness (QED) is 0.421. The minimum atomic E-state index is -1.14. The molecule has 0 unspecified atom stereocenters. The number of allylic oxidation sites excluding steroid dienone is 1. The maximum absolute atomic E-state index is 10.9. The normalized spacial score (nSPS) is 11.0. The Morgan fingerprint density at radius 2 is 1.93 bits per heavy atom. The number of nitriles is 1. The molecule has 0 aliphatic heterocycles. The van der Waals surface area contributed by atoms with Gasteiger partial charge in [0.25, 0.3) is 0 Å². The van der Waals surface area contributed by atoms with Gasteiger partial charge in [0.2, 0.25) is 5.76 Å². The van der Waals surface area contributed by atoms with E-state index in [-0.39, 0.29) is 12.4 Å². The summed E-state index contributed by atoms with van der Waals surface area (Å²) in [4.78, 5) is 10.9. The molecule has 0 aliphatic rings. The van der Waals surface area contributed by atoms with Crippen molar-refractivity contribution in [3.63, 3.8) is 0 Å². The van der Waals surface area contributed by atoms with Gasteiger partial charge < -0.3 is 19.0 Å². The maximum Gasteiger partial charge on any atom is 0.371 e. The fraction of sp³-hybridized carbons (Fsp3) is 0.0909. The lowest BCUT2D eigenvalue weighted by Crippen LogP contribution is -1.97. The molecule has 0 atom stereocenters. The molecule has 0 spiro atoms. The van der Waals surface area contributed by atoms with Crippen LogP contribution < -0.4 is 9.47 Å². The second-order valence-corrected chi connectivity index (χ2v) is 6.38. The lowest BCUT2D eigenvalue weighted by atomic mass is 10.0. The van der Waals surface area contributed by atoms with Gasteiger partial charge >= 0.3 is 5.97 Å². The molecule has 0 saturated heterocycles. The van der Waals surface area contributed by atoms with Crippen LogP contribution in [0.15, 0.2) is 59.0 Å². The van der Waals surface area contributed by atoms with Gasteiger partial charge in [-0.05, 0) is 53.6 Å². The molecule has 0 radical (unpaired) electrons. The Hall–Kier alpha value is -3.69.